The summed E-state index contributed by atoms with van der Waals surface area (Å²) in [4.78, 5) is 19.5. The van der Waals surface area contributed by atoms with Crippen molar-refractivity contribution in [1.82, 2.24) is 4.98 Å². The molecule has 5 nitrogen and oxygen atoms in total. The molecule has 1 fully saturated rings. The van der Waals surface area contributed by atoms with Crippen LogP contribution < -0.4 is 15.5 Å². The van der Waals surface area contributed by atoms with Gasteiger partial charge in [-0.25, -0.2) is 9.78 Å². The number of amides is 2. The minimum Gasteiger partial charge on any atom is -0.357 e. The van der Waals surface area contributed by atoms with Crippen LogP contribution in [0.15, 0.2) is 66.7 Å². The minimum absolute atomic E-state index is 0.259. The molecule has 2 N–H and O–H groups in total. The number of rotatable bonds is 5. The number of carbonyl (C=O) groups is 1. The molecule has 29 heavy (non-hydrogen) atoms. The summed E-state index contributed by atoms with van der Waals surface area (Å²) in [5.74, 6) is 1.02. The zero-order valence-corrected chi connectivity index (χ0v) is 16.7. The number of nitrogens with one attached hydrogen (secondary N) is 2. The third-order valence-electron chi connectivity index (χ3n) is 5.20. The van der Waals surface area contributed by atoms with Crippen LogP contribution in [0.1, 0.15) is 25.3 Å². The van der Waals surface area contributed by atoms with Gasteiger partial charge in [-0.1, -0.05) is 37.3 Å². The number of aromatic nitrogens is 1. The topological polar surface area (TPSA) is 57.3 Å². The summed E-state index contributed by atoms with van der Waals surface area (Å²) in [5, 5.41) is 5.79. The third-order valence-corrected chi connectivity index (χ3v) is 5.20. The Labute approximate surface area is 171 Å². The van der Waals surface area contributed by atoms with E-state index in [0.29, 0.717) is 0 Å². The standard InChI is InChI=1S/C24H26N4O/c1-2-18-11-13-20(14-12-18)25-24(29)26-21-8-5-7-19(17-21)22-9-6-10-23(27-22)28-15-3-4-16-28/h5-14,17H,2-4,15-16H2,1H3,(H2,25,26,29). The van der Waals surface area contributed by atoms with Crippen molar-refractivity contribution in [3.8, 4) is 11.3 Å². The van der Waals surface area contributed by atoms with Gasteiger partial charge in [0.2, 0.25) is 0 Å². The smallest absolute Gasteiger partial charge is 0.323 e. The average molecular weight is 386 g/mol. The van der Waals surface area contributed by atoms with Crippen LogP contribution >= 0.6 is 0 Å². The molecule has 2 amide bonds. The first kappa shape index (κ1) is 19.0. The number of hydrogen-bond acceptors (Lipinski definition) is 3. The largest absolute Gasteiger partial charge is 0.357 e. The Morgan fingerprint density at radius 3 is 2.41 bits per heavy atom. The van der Waals surface area contributed by atoms with Crippen LogP contribution in [0.5, 0.6) is 0 Å². The molecule has 0 atom stereocenters. The van der Waals surface area contributed by atoms with E-state index >= 15 is 0 Å². The molecule has 1 aliphatic heterocycles. The van der Waals surface area contributed by atoms with E-state index in [-0.39, 0.29) is 6.03 Å². The first-order chi connectivity index (χ1) is 14.2. The molecule has 1 saturated heterocycles. The maximum atomic E-state index is 12.4. The molecule has 148 valence electrons. The van der Waals surface area contributed by atoms with Gasteiger partial charge in [0.1, 0.15) is 5.82 Å². The van der Waals surface area contributed by atoms with Gasteiger partial charge in [-0.3, -0.25) is 0 Å². The van der Waals surface area contributed by atoms with E-state index < -0.39 is 0 Å². The lowest BCUT2D eigenvalue weighted by atomic mass is 10.1. The van der Waals surface area contributed by atoms with E-state index in [0.717, 1.165) is 48.0 Å². The van der Waals surface area contributed by atoms with Crippen LogP contribution in [0, 0.1) is 0 Å². The zero-order valence-electron chi connectivity index (χ0n) is 16.7. The van der Waals surface area contributed by atoms with Crippen LogP contribution in [0.25, 0.3) is 11.3 Å². The van der Waals surface area contributed by atoms with Gasteiger partial charge in [-0.15, -0.1) is 0 Å². The lowest BCUT2D eigenvalue weighted by Gasteiger charge is -2.17. The third kappa shape index (κ3) is 4.74. The van der Waals surface area contributed by atoms with Gasteiger partial charge in [0.25, 0.3) is 0 Å². The van der Waals surface area contributed by atoms with E-state index in [9.17, 15) is 4.79 Å². The monoisotopic (exact) mass is 386 g/mol. The van der Waals surface area contributed by atoms with Crippen LogP contribution in [-0.4, -0.2) is 24.1 Å². The number of aryl methyl sites for hydroxylation is 1. The van der Waals surface area contributed by atoms with Crippen LogP contribution in [-0.2, 0) is 6.42 Å². The Morgan fingerprint density at radius 1 is 0.931 bits per heavy atom. The fourth-order valence-electron chi connectivity index (χ4n) is 3.58. The number of anilines is 3. The number of urea groups is 1. The Kier molecular flexibility index (Phi) is 5.75. The molecule has 0 unspecified atom stereocenters. The maximum Gasteiger partial charge on any atom is 0.323 e. The number of pyridine rings is 1. The van der Waals surface area contributed by atoms with E-state index in [1.54, 1.807) is 0 Å². The quantitative estimate of drug-likeness (QED) is 0.604. The molecule has 2 aromatic carbocycles. The normalized spacial score (nSPS) is 13.3. The molecule has 0 aliphatic carbocycles. The van der Waals surface area contributed by atoms with Crippen molar-refractivity contribution in [3.63, 3.8) is 0 Å². The summed E-state index contributed by atoms with van der Waals surface area (Å²) in [6.45, 7) is 4.24. The van der Waals surface area contributed by atoms with Crippen molar-refractivity contribution < 1.29 is 4.79 Å². The Bertz CT molecular complexity index is 978. The van der Waals surface area contributed by atoms with Crippen molar-refractivity contribution in [3.05, 3.63) is 72.3 Å². The molecule has 1 aromatic heterocycles. The number of hydrogen-bond donors (Lipinski definition) is 2. The summed E-state index contributed by atoms with van der Waals surface area (Å²) in [6.07, 6.45) is 3.43. The number of benzene rings is 2. The maximum absolute atomic E-state index is 12.4. The van der Waals surface area contributed by atoms with E-state index in [2.05, 4.69) is 28.5 Å². The van der Waals surface area contributed by atoms with Gasteiger partial charge in [0.05, 0.1) is 5.69 Å². The SMILES string of the molecule is CCc1ccc(NC(=O)Nc2cccc(-c3cccc(N4CCCC4)n3)c2)cc1. The lowest BCUT2D eigenvalue weighted by Crippen LogP contribution is -2.19. The average Bonchev–Trinajstić information content (AvgIpc) is 3.30. The van der Waals surface area contributed by atoms with Gasteiger partial charge in [0, 0.05) is 30.0 Å². The van der Waals surface area contributed by atoms with Gasteiger partial charge in [-0.2, -0.15) is 0 Å². The molecule has 0 bridgehead atoms. The highest BCUT2D eigenvalue weighted by atomic mass is 16.2. The zero-order chi connectivity index (χ0) is 20.1. The van der Waals surface area contributed by atoms with E-state index in [1.165, 1.54) is 18.4 Å². The second-order valence-electron chi connectivity index (χ2n) is 7.29. The van der Waals surface area contributed by atoms with Crippen molar-refractivity contribution in [2.75, 3.05) is 28.6 Å². The Hall–Kier alpha value is -3.34. The molecule has 2 heterocycles. The molecule has 0 radical (unpaired) electrons. The van der Waals surface area contributed by atoms with Crippen LogP contribution in [0.3, 0.4) is 0 Å². The predicted octanol–water partition coefficient (Wildman–Crippen LogP) is 5.56. The summed E-state index contributed by atoms with van der Waals surface area (Å²) in [5.41, 5.74) is 4.64. The fraction of sp³-hybridized carbons (Fsp3) is 0.250. The summed E-state index contributed by atoms with van der Waals surface area (Å²) < 4.78 is 0. The fourth-order valence-corrected chi connectivity index (χ4v) is 3.58. The minimum atomic E-state index is -0.259. The first-order valence-corrected chi connectivity index (χ1v) is 10.2. The molecule has 0 saturated carbocycles. The molecule has 1 aliphatic rings. The highest BCUT2D eigenvalue weighted by Crippen LogP contribution is 2.25. The first-order valence-electron chi connectivity index (χ1n) is 10.2. The van der Waals surface area contributed by atoms with E-state index in [1.807, 2.05) is 60.7 Å². The second kappa shape index (κ2) is 8.78. The van der Waals surface area contributed by atoms with Crippen LogP contribution in [0.4, 0.5) is 22.0 Å². The lowest BCUT2D eigenvalue weighted by molar-refractivity contribution is 0.262. The molecule has 4 rings (SSSR count). The number of carbonyl (C=O) groups excluding carboxylic acids is 1. The van der Waals surface area contributed by atoms with Gasteiger partial charge in [0.15, 0.2) is 0 Å². The number of nitrogens with zero attached hydrogens (tertiary/aromatic N) is 2. The van der Waals surface area contributed by atoms with Gasteiger partial charge in [-0.05, 0) is 61.2 Å². The molecular weight excluding hydrogens is 360 g/mol. The predicted molar refractivity (Wildman–Crippen MR) is 120 cm³/mol. The highest BCUT2D eigenvalue weighted by Gasteiger charge is 2.14. The van der Waals surface area contributed by atoms with Gasteiger partial charge >= 0.3 is 6.03 Å². The van der Waals surface area contributed by atoms with Crippen molar-refractivity contribution in [1.29, 1.82) is 0 Å². The molecule has 3 aromatic rings. The van der Waals surface area contributed by atoms with E-state index in [4.69, 9.17) is 4.98 Å². The second-order valence-corrected chi connectivity index (χ2v) is 7.29. The molecule has 5 heteroatoms. The molecular formula is C24H26N4O. The van der Waals surface area contributed by atoms with Crippen LogP contribution in [0.2, 0.25) is 0 Å². The summed E-state index contributed by atoms with van der Waals surface area (Å²) in [6, 6.07) is 21.5. The summed E-state index contributed by atoms with van der Waals surface area (Å²) in [7, 11) is 0. The van der Waals surface area contributed by atoms with Crippen molar-refractivity contribution >= 4 is 23.2 Å². The Balaban J connectivity index is 1.45. The van der Waals surface area contributed by atoms with Gasteiger partial charge < -0.3 is 15.5 Å². The summed E-state index contributed by atoms with van der Waals surface area (Å²) >= 11 is 0. The van der Waals surface area contributed by atoms with Crippen molar-refractivity contribution in [2.45, 2.75) is 26.2 Å². The van der Waals surface area contributed by atoms with Crippen molar-refractivity contribution in [2.24, 2.45) is 0 Å². The molecule has 0 spiro atoms. The highest BCUT2D eigenvalue weighted by molar-refractivity contribution is 6.00. The Morgan fingerprint density at radius 2 is 1.66 bits per heavy atom.